The summed E-state index contributed by atoms with van der Waals surface area (Å²) < 4.78 is 9.15. The predicted molar refractivity (Wildman–Crippen MR) is 56.4 cm³/mol. The Morgan fingerprint density at radius 1 is 1.50 bits per heavy atom. The molecule has 3 N–H and O–H groups in total. The van der Waals surface area contributed by atoms with E-state index in [0.29, 0.717) is 0 Å². The average Bonchev–Trinajstić information content (AvgIpc) is 2.66. The Morgan fingerprint density at radius 3 is 2.78 bits per heavy atom. The third-order valence-corrected chi connectivity index (χ3v) is 2.64. The molecule has 2 aliphatic rings. The molecule has 0 fully saturated rings. The standard InChI is InChI=1S/C11H10O7/c1-17-10(15)7-6-4(3-18-11(6)16)2-5(12)8(13)9(7)14/h2,8,12-14H,3H2,1H3. The van der Waals surface area contributed by atoms with E-state index < -0.39 is 35.1 Å². The van der Waals surface area contributed by atoms with E-state index in [0.717, 1.165) is 13.2 Å². The van der Waals surface area contributed by atoms with Gasteiger partial charge in [-0.2, -0.15) is 0 Å². The van der Waals surface area contributed by atoms with Crippen LogP contribution in [0.25, 0.3) is 0 Å². The lowest BCUT2D eigenvalue weighted by molar-refractivity contribution is -0.139. The van der Waals surface area contributed by atoms with Crippen molar-refractivity contribution in [3.05, 3.63) is 34.3 Å². The highest BCUT2D eigenvalue weighted by atomic mass is 16.5. The van der Waals surface area contributed by atoms with Crippen LogP contribution in [0.4, 0.5) is 0 Å². The minimum atomic E-state index is -1.78. The molecule has 7 heteroatoms. The first-order valence-electron chi connectivity index (χ1n) is 4.98. The molecule has 2 rings (SSSR count). The molecule has 0 aromatic carbocycles. The van der Waals surface area contributed by atoms with Crippen molar-refractivity contribution < 1.29 is 34.4 Å². The summed E-state index contributed by atoms with van der Waals surface area (Å²) in [5.74, 6) is -3.26. The van der Waals surface area contributed by atoms with Crippen molar-refractivity contribution in [2.24, 2.45) is 0 Å². The molecule has 1 heterocycles. The topological polar surface area (TPSA) is 113 Å². The van der Waals surface area contributed by atoms with Crippen LogP contribution in [0.1, 0.15) is 0 Å². The van der Waals surface area contributed by atoms with Crippen LogP contribution in [0.5, 0.6) is 0 Å². The minimum Gasteiger partial charge on any atom is -0.509 e. The van der Waals surface area contributed by atoms with Gasteiger partial charge in [-0.3, -0.25) is 0 Å². The first-order valence-corrected chi connectivity index (χ1v) is 4.98. The first-order chi connectivity index (χ1) is 8.47. The summed E-state index contributed by atoms with van der Waals surface area (Å²) in [5.41, 5.74) is -0.508. The molecule has 7 nitrogen and oxygen atoms in total. The highest BCUT2D eigenvalue weighted by Gasteiger charge is 2.38. The summed E-state index contributed by atoms with van der Waals surface area (Å²) in [5, 5.41) is 28.8. The molecule has 1 atom stereocenters. The fourth-order valence-corrected chi connectivity index (χ4v) is 1.77. The van der Waals surface area contributed by atoms with Crippen LogP contribution in [-0.2, 0) is 19.1 Å². The zero-order valence-corrected chi connectivity index (χ0v) is 9.34. The van der Waals surface area contributed by atoms with E-state index in [1.807, 2.05) is 0 Å². The fourth-order valence-electron chi connectivity index (χ4n) is 1.77. The van der Waals surface area contributed by atoms with Crippen molar-refractivity contribution in [3.63, 3.8) is 0 Å². The third-order valence-electron chi connectivity index (χ3n) is 2.64. The minimum absolute atomic E-state index is 0.154. The molecule has 1 unspecified atom stereocenters. The Bertz CT molecular complexity index is 524. The molecule has 0 aromatic heterocycles. The van der Waals surface area contributed by atoms with Crippen LogP contribution in [-0.4, -0.2) is 47.1 Å². The summed E-state index contributed by atoms with van der Waals surface area (Å²) >= 11 is 0. The molecule has 1 aliphatic carbocycles. The Balaban J connectivity index is 2.68. The van der Waals surface area contributed by atoms with Gasteiger partial charge in [-0.05, 0) is 6.08 Å². The predicted octanol–water partition coefficient (Wildman–Crippen LogP) is -0.359. The molecule has 0 saturated carbocycles. The molecule has 96 valence electrons. The second-order valence-electron chi connectivity index (χ2n) is 3.70. The molecule has 0 spiro atoms. The lowest BCUT2D eigenvalue weighted by Crippen LogP contribution is -2.21. The Kier molecular flexibility index (Phi) is 2.84. The van der Waals surface area contributed by atoms with Gasteiger partial charge < -0.3 is 24.8 Å². The van der Waals surface area contributed by atoms with Gasteiger partial charge in [-0.25, -0.2) is 9.59 Å². The number of methoxy groups -OCH3 is 1. The zero-order valence-electron chi connectivity index (χ0n) is 9.34. The van der Waals surface area contributed by atoms with Gasteiger partial charge in [0.15, 0.2) is 6.10 Å². The second-order valence-corrected chi connectivity index (χ2v) is 3.70. The zero-order chi connectivity index (χ0) is 13.4. The van der Waals surface area contributed by atoms with Crippen molar-refractivity contribution in [1.29, 1.82) is 0 Å². The number of esters is 2. The number of aliphatic hydroxyl groups excluding tert-OH is 3. The van der Waals surface area contributed by atoms with Crippen LogP contribution in [0.2, 0.25) is 0 Å². The lowest BCUT2D eigenvalue weighted by Gasteiger charge is -2.11. The van der Waals surface area contributed by atoms with E-state index in [1.54, 1.807) is 0 Å². The summed E-state index contributed by atoms with van der Waals surface area (Å²) in [7, 11) is 1.06. The van der Waals surface area contributed by atoms with Crippen LogP contribution in [0, 0.1) is 0 Å². The van der Waals surface area contributed by atoms with Gasteiger partial charge in [0.05, 0.1) is 12.7 Å². The lowest BCUT2D eigenvalue weighted by atomic mass is 10.0. The number of hydrogen-bond donors (Lipinski definition) is 3. The van der Waals surface area contributed by atoms with Crippen molar-refractivity contribution in [2.45, 2.75) is 6.10 Å². The summed E-state index contributed by atoms with van der Waals surface area (Å²) in [4.78, 5) is 23.1. The number of aliphatic hydroxyl groups is 3. The smallest absolute Gasteiger partial charge is 0.342 e. The molecule has 0 bridgehead atoms. The van der Waals surface area contributed by atoms with E-state index >= 15 is 0 Å². The van der Waals surface area contributed by atoms with Crippen molar-refractivity contribution in [3.8, 4) is 0 Å². The van der Waals surface area contributed by atoms with Gasteiger partial charge in [-0.1, -0.05) is 0 Å². The monoisotopic (exact) mass is 254 g/mol. The van der Waals surface area contributed by atoms with E-state index in [1.165, 1.54) is 0 Å². The second kappa shape index (κ2) is 4.19. The maximum atomic E-state index is 11.6. The van der Waals surface area contributed by atoms with Gasteiger partial charge in [-0.15, -0.1) is 0 Å². The highest BCUT2D eigenvalue weighted by molar-refractivity contribution is 6.09. The number of hydrogen-bond acceptors (Lipinski definition) is 7. The molecule has 0 aromatic rings. The molecule has 0 amide bonds. The maximum Gasteiger partial charge on any atom is 0.342 e. The number of rotatable bonds is 1. The Morgan fingerprint density at radius 2 is 2.17 bits per heavy atom. The summed E-state index contributed by atoms with van der Waals surface area (Å²) in [6.07, 6.45) is -0.700. The Labute approximate surface area is 101 Å². The third kappa shape index (κ3) is 1.65. The van der Waals surface area contributed by atoms with Crippen LogP contribution in [0.15, 0.2) is 34.3 Å². The van der Waals surface area contributed by atoms with Crippen molar-refractivity contribution in [1.82, 2.24) is 0 Å². The number of ether oxygens (including phenoxy) is 2. The first kappa shape index (κ1) is 12.2. The van der Waals surface area contributed by atoms with Crippen molar-refractivity contribution in [2.75, 3.05) is 13.7 Å². The van der Waals surface area contributed by atoms with Crippen LogP contribution >= 0.6 is 0 Å². The Hall–Kier alpha value is -2.28. The van der Waals surface area contributed by atoms with Gasteiger partial charge in [0.25, 0.3) is 0 Å². The fraction of sp³-hybridized carbons (Fsp3) is 0.273. The normalized spacial score (nSPS) is 23.3. The molecule has 1 aliphatic heterocycles. The molecule has 18 heavy (non-hydrogen) atoms. The molecule has 0 radical (unpaired) electrons. The van der Waals surface area contributed by atoms with E-state index in [-0.39, 0.29) is 17.8 Å². The highest BCUT2D eigenvalue weighted by Crippen LogP contribution is 2.32. The average molecular weight is 254 g/mol. The van der Waals surface area contributed by atoms with Crippen LogP contribution < -0.4 is 0 Å². The van der Waals surface area contributed by atoms with E-state index in [9.17, 15) is 24.9 Å². The number of carbonyl (C=O) groups excluding carboxylic acids is 2. The van der Waals surface area contributed by atoms with Crippen LogP contribution in [0.3, 0.4) is 0 Å². The van der Waals surface area contributed by atoms with Gasteiger partial charge in [0.1, 0.15) is 23.7 Å². The maximum absolute atomic E-state index is 11.6. The quantitative estimate of drug-likeness (QED) is 0.547. The van der Waals surface area contributed by atoms with E-state index in [2.05, 4.69) is 4.74 Å². The number of cyclic esters (lactones) is 1. The van der Waals surface area contributed by atoms with Crippen molar-refractivity contribution >= 4 is 11.9 Å². The van der Waals surface area contributed by atoms with Gasteiger partial charge in [0, 0.05) is 5.57 Å². The van der Waals surface area contributed by atoms with Gasteiger partial charge >= 0.3 is 11.9 Å². The number of carbonyl (C=O) groups is 2. The summed E-state index contributed by atoms with van der Waals surface area (Å²) in [6, 6.07) is 0. The largest absolute Gasteiger partial charge is 0.509 e. The van der Waals surface area contributed by atoms with E-state index in [4.69, 9.17) is 4.74 Å². The van der Waals surface area contributed by atoms with Gasteiger partial charge in [0.2, 0.25) is 0 Å². The molecular formula is C11H10O7. The molecule has 0 saturated heterocycles. The molecular weight excluding hydrogens is 244 g/mol. The summed E-state index contributed by atoms with van der Waals surface area (Å²) in [6.45, 7) is -0.154. The SMILES string of the molecule is COC(=O)C1=C(O)C(O)C(O)=CC2=C1C(=O)OC2.